The number of carboxylic acids is 1. The van der Waals surface area contributed by atoms with Gasteiger partial charge in [-0.1, -0.05) is 11.6 Å². The van der Waals surface area contributed by atoms with E-state index in [9.17, 15) is 14.7 Å². The first kappa shape index (κ1) is 20.4. The lowest BCUT2D eigenvalue weighted by Crippen LogP contribution is -2.42. The van der Waals surface area contributed by atoms with Crippen molar-refractivity contribution in [3.63, 3.8) is 0 Å². The molecule has 1 amide bonds. The Morgan fingerprint density at radius 2 is 1.73 bits per heavy atom. The van der Waals surface area contributed by atoms with Gasteiger partial charge in [-0.05, 0) is 71.1 Å². The van der Waals surface area contributed by atoms with Crippen molar-refractivity contribution in [3.8, 4) is 0 Å². The zero-order valence-electron chi connectivity index (χ0n) is 15.7. The van der Waals surface area contributed by atoms with Crippen molar-refractivity contribution < 1.29 is 19.4 Å². The highest BCUT2D eigenvalue weighted by molar-refractivity contribution is 6.31. The minimum absolute atomic E-state index is 0.0953. The molecule has 0 unspecified atom stereocenters. The van der Waals surface area contributed by atoms with E-state index in [1.54, 1.807) is 13.0 Å². The van der Waals surface area contributed by atoms with Crippen molar-refractivity contribution in [1.29, 1.82) is 0 Å². The fourth-order valence-electron chi connectivity index (χ4n) is 3.13. The number of rotatable bonds is 4. The number of hydrogen-bond acceptors (Lipinski definition) is 4. The lowest BCUT2D eigenvalue weighted by atomic mass is 9.90. The van der Waals surface area contributed by atoms with Crippen molar-refractivity contribution in [1.82, 2.24) is 5.32 Å². The van der Waals surface area contributed by atoms with Crippen molar-refractivity contribution in [2.24, 2.45) is 0 Å². The molecule has 0 aliphatic heterocycles. The van der Waals surface area contributed by atoms with Crippen molar-refractivity contribution in [2.75, 3.05) is 5.32 Å². The van der Waals surface area contributed by atoms with Gasteiger partial charge in [0, 0.05) is 22.8 Å². The number of anilines is 1. The number of carboxylic acid groups (broad SMARTS) is 1. The molecule has 0 atom stereocenters. The van der Waals surface area contributed by atoms with Crippen LogP contribution in [-0.4, -0.2) is 34.9 Å². The Labute approximate surface area is 159 Å². The van der Waals surface area contributed by atoms with Gasteiger partial charge in [-0.2, -0.15) is 0 Å². The summed E-state index contributed by atoms with van der Waals surface area (Å²) in [5, 5.41) is 16.0. The number of benzene rings is 1. The van der Waals surface area contributed by atoms with Gasteiger partial charge in [-0.3, -0.25) is 0 Å². The van der Waals surface area contributed by atoms with E-state index in [2.05, 4.69) is 10.6 Å². The molecule has 1 aliphatic rings. The summed E-state index contributed by atoms with van der Waals surface area (Å²) in [5.41, 5.74) is 1.13. The second kappa shape index (κ2) is 8.16. The van der Waals surface area contributed by atoms with E-state index in [1.807, 2.05) is 20.8 Å². The average molecular weight is 383 g/mol. The van der Waals surface area contributed by atoms with Crippen LogP contribution in [0.4, 0.5) is 10.5 Å². The van der Waals surface area contributed by atoms with Crippen LogP contribution < -0.4 is 10.6 Å². The van der Waals surface area contributed by atoms with E-state index in [1.165, 1.54) is 6.07 Å². The molecule has 3 N–H and O–H groups in total. The lowest BCUT2D eigenvalue weighted by Gasteiger charge is -2.31. The third kappa shape index (κ3) is 5.80. The fraction of sp³-hybridized carbons (Fsp3) is 0.579. The maximum Gasteiger partial charge on any atom is 0.407 e. The standard InChI is InChI=1S/C19H27ClN2O4/c1-11-15(17(23)24)9-12(20)10-16(11)21-13-5-7-14(8-6-13)22-18(25)26-19(2,3)4/h9-10,13-14,21H,5-8H2,1-4H3,(H,22,25)(H,23,24)/t13-,14-. The second-order valence-electron chi connectivity index (χ2n) is 7.77. The highest BCUT2D eigenvalue weighted by Crippen LogP contribution is 2.29. The second-order valence-corrected chi connectivity index (χ2v) is 8.21. The average Bonchev–Trinajstić information content (AvgIpc) is 2.50. The summed E-state index contributed by atoms with van der Waals surface area (Å²) < 4.78 is 5.29. The van der Waals surface area contributed by atoms with E-state index < -0.39 is 11.6 Å². The largest absolute Gasteiger partial charge is 0.478 e. The Morgan fingerprint density at radius 3 is 2.27 bits per heavy atom. The molecular weight excluding hydrogens is 356 g/mol. The van der Waals surface area contributed by atoms with E-state index in [-0.39, 0.29) is 23.7 Å². The van der Waals surface area contributed by atoms with Crippen LogP contribution in [0.2, 0.25) is 5.02 Å². The lowest BCUT2D eigenvalue weighted by molar-refractivity contribution is 0.0491. The minimum atomic E-state index is -0.988. The number of halogens is 1. The van der Waals surface area contributed by atoms with Gasteiger partial charge >= 0.3 is 12.1 Å². The summed E-state index contributed by atoms with van der Waals surface area (Å²) >= 11 is 6.05. The SMILES string of the molecule is Cc1c(N[C@H]2CC[C@H](NC(=O)OC(C)(C)C)CC2)cc(Cl)cc1C(=O)O. The number of amides is 1. The maximum atomic E-state index is 11.9. The van der Waals surface area contributed by atoms with E-state index in [0.717, 1.165) is 31.4 Å². The third-order valence-electron chi connectivity index (χ3n) is 4.41. The number of alkyl carbamates (subject to hydrolysis) is 1. The third-order valence-corrected chi connectivity index (χ3v) is 4.63. The summed E-state index contributed by atoms with van der Waals surface area (Å²) in [6, 6.07) is 3.53. The van der Waals surface area contributed by atoms with Crippen LogP contribution in [0.25, 0.3) is 0 Å². The van der Waals surface area contributed by atoms with Crippen LogP contribution >= 0.6 is 11.6 Å². The van der Waals surface area contributed by atoms with Gasteiger partial charge in [0.2, 0.25) is 0 Å². The first-order valence-electron chi connectivity index (χ1n) is 8.84. The molecule has 1 aromatic carbocycles. The van der Waals surface area contributed by atoms with Crippen LogP contribution in [0.1, 0.15) is 62.4 Å². The Hall–Kier alpha value is -1.95. The Morgan fingerprint density at radius 1 is 1.15 bits per heavy atom. The van der Waals surface area contributed by atoms with Crippen LogP contribution in [-0.2, 0) is 4.74 Å². The van der Waals surface area contributed by atoms with Gasteiger partial charge < -0.3 is 20.5 Å². The topological polar surface area (TPSA) is 87.7 Å². The maximum absolute atomic E-state index is 11.9. The molecule has 0 spiro atoms. The van der Waals surface area contributed by atoms with Gasteiger partial charge in [0.25, 0.3) is 0 Å². The molecule has 0 bridgehead atoms. The van der Waals surface area contributed by atoms with Gasteiger partial charge in [-0.15, -0.1) is 0 Å². The van der Waals surface area contributed by atoms with Gasteiger partial charge in [0.15, 0.2) is 0 Å². The number of aromatic carboxylic acids is 1. The summed E-state index contributed by atoms with van der Waals surface area (Å²) in [5.74, 6) is -0.988. The quantitative estimate of drug-likeness (QED) is 0.708. The van der Waals surface area contributed by atoms with Crippen molar-refractivity contribution in [3.05, 3.63) is 28.3 Å². The molecule has 6 nitrogen and oxygen atoms in total. The van der Waals surface area contributed by atoms with E-state index in [0.29, 0.717) is 10.6 Å². The molecule has 0 radical (unpaired) electrons. The Kier molecular flexibility index (Phi) is 6.39. The van der Waals surface area contributed by atoms with Crippen molar-refractivity contribution >= 4 is 29.4 Å². The normalized spacial score (nSPS) is 20.3. The zero-order valence-corrected chi connectivity index (χ0v) is 16.4. The first-order chi connectivity index (χ1) is 12.0. The number of nitrogens with one attached hydrogen (secondary N) is 2. The molecule has 2 rings (SSSR count). The molecule has 144 valence electrons. The number of ether oxygens (including phenoxy) is 1. The summed E-state index contributed by atoms with van der Waals surface area (Å²) in [7, 11) is 0. The predicted octanol–water partition coefficient (Wildman–Crippen LogP) is 4.59. The van der Waals surface area contributed by atoms with E-state index >= 15 is 0 Å². The summed E-state index contributed by atoms with van der Waals surface area (Å²) in [6.45, 7) is 7.29. The Bertz CT molecular complexity index is 677. The van der Waals surface area contributed by atoms with Gasteiger partial charge in [0.05, 0.1) is 5.56 Å². The molecule has 26 heavy (non-hydrogen) atoms. The summed E-state index contributed by atoms with van der Waals surface area (Å²) in [4.78, 5) is 23.2. The molecule has 1 aliphatic carbocycles. The molecule has 1 aromatic rings. The monoisotopic (exact) mass is 382 g/mol. The van der Waals surface area contributed by atoms with Crippen LogP contribution in [0.15, 0.2) is 12.1 Å². The Balaban J connectivity index is 1.91. The van der Waals surface area contributed by atoms with Crippen LogP contribution in [0.3, 0.4) is 0 Å². The van der Waals surface area contributed by atoms with Gasteiger partial charge in [0.1, 0.15) is 5.60 Å². The smallest absolute Gasteiger partial charge is 0.407 e. The van der Waals surface area contributed by atoms with Crippen LogP contribution in [0, 0.1) is 6.92 Å². The first-order valence-corrected chi connectivity index (χ1v) is 9.22. The van der Waals surface area contributed by atoms with E-state index in [4.69, 9.17) is 16.3 Å². The van der Waals surface area contributed by atoms with Crippen molar-refractivity contribution in [2.45, 2.75) is 71.1 Å². The minimum Gasteiger partial charge on any atom is -0.478 e. The molecule has 7 heteroatoms. The zero-order chi connectivity index (χ0) is 19.5. The predicted molar refractivity (Wildman–Crippen MR) is 102 cm³/mol. The summed E-state index contributed by atoms with van der Waals surface area (Å²) in [6.07, 6.45) is 3.03. The fourth-order valence-corrected chi connectivity index (χ4v) is 3.35. The highest BCUT2D eigenvalue weighted by Gasteiger charge is 2.25. The number of hydrogen-bond donors (Lipinski definition) is 3. The molecular formula is C19H27ClN2O4. The highest BCUT2D eigenvalue weighted by atomic mass is 35.5. The number of carbonyl (C=O) groups excluding carboxylic acids is 1. The van der Waals surface area contributed by atoms with Gasteiger partial charge in [-0.25, -0.2) is 9.59 Å². The molecule has 0 heterocycles. The molecule has 1 saturated carbocycles. The molecule has 0 aromatic heterocycles. The number of carbonyl (C=O) groups is 2. The molecule has 0 saturated heterocycles. The van der Waals surface area contributed by atoms with Crippen LogP contribution in [0.5, 0.6) is 0 Å². The molecule has 1 fully saturated rings.